The van der Waals surface area contributed by atoms with E-state index in [-0.39, 0.29) is 0 Å². The van der Waals surface area contributed by atoms with Crippen LogP contribution in [-0.2, 0) is 14.2 Å². The molecular formula is C16F30O3. The van der Waals surface area contributed by atoms with Gasteiger partial charge in [-0.15, -0.1) is 0 Å². The van der Waals surface area contributed by atoms with Crippen LogP contribution in [0.1, 0.15) is 0 Å². The summed E-state index contributed by atoms with van der Waals surface area (Å²) in [5.41, 5.74) is 0. The average Bonchev–Trinajstić information content (AvgIpc) is 2.80. The highest BCUT2D eigenvalue weighted by atomic mass is 19.5. The van der Waals surface area contributed by atoms with E-state index in [9.17, 15) is 132 Å². The van der Waals surface area contributed by atoms with Crippen molar-refractivity contribution in [3.8, 4) is 0 Å². The molecule has 49 heavy (non-hydrogen) atoms. The van der Waals surface area contributed by atoms with Crippen molar-refractivity contribution in [2.24, 2.45) is 0 Å². The van der Waals surface area contributed by atoms with Gasteiger partial charge in [0.2, 0.25) is 11.5 Å². The molecule has 0 amide bonds. The fraction of sp³-hybridized carbons (Fsp3) is 0.750. The number of hydrogen-bond donors (Lipinski definition) is 0. The number of hydrogen-bond acceptors (Lipinski definition) is 3. The summed E-state index contributed by atoms with van der Waals surface area (Å²) in [7, 11) is 0. The van der Waals surface area contributed by atoms with Gasteiger partial charge in [-0.05, 0) is 0 Å². The molecular weight excluding hydrogens is 810 g/mol. The standard InChI is InChI=1S/C16F30O3/c17-3(1(5(19,20)7(23,24)11(29,30)31)48-9(27,13(35,36)37)14(38,39)40)47-4(18)2(6(21,22)8(25,26)12(32,33)34)49-10(28,15(41,42)43)16(44,45)46. The smallest absolute Gasteiger partial charge is 0.435 e. The second-order valence-corrected chi connectivity index (χ2v) is 7.99. The van der Waals surface area contributed by atoms with E-state index in [1.165, 1.54) is 9.47 Å². The molecule has 0 aromatic rings. The minimum Gasteiger partial charge on any atom is -0.435 e. The van der Waals surface area contributed by atoms with Crippen LogP contribution in [-0.4, -0.2) is 72.5 Å². The largest absolute Gasteiger partial charge is 0.470 e. The molecule has 0 aliphatic carbocycles. The summed E-state index contributed by atoms with van der Waals surface area (Å²) < 4.78 is 395. The quantitative estimate of drug-likeness (QED) is 0.163. The first-order valence-electron chi connectivity index (χ1n) is 9.89. The van der Waals surface area contributed by atoms with E-state index in [1.807, 2.05) is 0 Å². The van der Waals surface area contributed by atoms with Crippen LogP contribution in [0.5, 0.6) is 0 Å². The summed E-state index contributed by atoms with van der Waals surface area (Å²) in [6.45, 7) is 0. The van der Waals surface area contributed by atoms with Gasteiger partial charge in [0.15, 0.2) is 0 Å². The zero-order valence-corrected chi connectivity index (χ0v) is 20.6. The maximum Gasteiger partial charge on any atom is 0.470 e. The normalized spacial score (nSPS) is 17.0. The van der Waals surface area contributed by atoms with Gasteiger partial charge in [-0.2, -0.15) is 132 Å². The van der Waals surface area contributed by atoms with Crippen LogP contribution in [0.25, 0.3) is 0 Å². The van der Waals surface area contributed by atoms with Crippen molar-refractivity contribution < 1.29 is 146 Å². The molecule has 33 heteroatoms. The van der Waals surface area contributed by atoms with Crippen LogP contribution < -0.4 is 0 Å². The number of ether oxygens (including phenoxy) is 3. The first kappa shape index (κ1) is 45.8. The third kappa shape index (κ3) is 7.76. The molecule has 0 N–H and O–H groups in total. The average molecular weight is 810 g/mol. The van der Waals surface area contributed by atoms with Crippen LogP contribution in [0.3, 0.4) is 0 Å². The van der Waals surface area contributed by atoms with Crippen LogP contribution in [0.2, 0.25) is 0 Å². The fourth-order valence-electron chi connectivity index (χ4n) is 2.10. The van der Waals surface area contributed by atoms with Crippen molar-refractivity contribution in [2.75, 3.05) is 0 Å². The summed E-state index contributed by atoms with van der Waals surface area (Å²) >= 11 is 0. The first-order chi connectivity index (χ1) is 20.7. The maximum absolute atomic E-state index is 14.1. The monoisotopic (exact) mass is 810 g/mol. The van der Waals surface area contributed by atoms with Crippen molar-refractivity contribution in [1.82, 2.24) is 0 Å². The van der Waals surface area contributed by atoms with Gasteiger partial charge in [0, 0.05) is 0 Å². The van der Waals surface area contributed by atoms with Crippen molar-refractivity contribution >= 4 is 0 Å². The molecule has 0 atom stereocenters. The molecule has 0 radical (unpaired) electrons. The molecule has 0 saturated carbocycles. The predicted molar refractivity (Wildman–Crippen MR) is 83.3 cm³/mol. The lowest BCUT2D eigenvalue weighted by molar-refractivity contribution is -0.433. The highest BCUT2D eigenvalue weighted by Crippen LogP contribution is 2.58. The number of allylic oxidation sites excluding steroid dienone is 2. The molecule has 3 nitrogen and oxygen atoms in total. The van der Waals surface area contributed by atoms with Gasteiger partial charge >= 0.3 is 84.5 Å². The zero-order chi connectivity index (χ0) is 40.4. The SMILES string of the molecule is FC(OC(F)=C(OC(F)(C(F)(F)F)C(F)(F)F)C(F)(F)C(F)(F)C(F)(F)F)=C(OC(F)(C(F)(F)F)C(F)(F)F)C(F)(F)C(F)(F)C(F)(F)F. The molecule has 0 fully saturated rings. The molecule has 0 bridgehead atoms. The summed E-state index contributed by atoms with van der Waals surface area (Å²) in [4.78, 5) is 0. The number of alkyl halides is 28. The van der Waals surface area contributed by atoms with E-state index in [2.05, 4.69) is 0 Å². The van der Waals surface area contributed by atoms with E-state index in [4.69, 9.17) is 0 Å². The Hall–Kier alpha value is -3.22. The highest BCUT2D eigenvalue weighted by Gasteiger charge is 2.83. The second kappa shape index (κ2) is 12.2. The predicted octanol–water partition coefficient (Wildman–Crippen LogP) is 10.6. The lowest BCUT2D eigenvalue weighted by Crippen LogP contribution is -2.59. The second-order valence-electron chi connectivity index (χ2n) is 7.99. The van der Waals surface area contributed by atoms with Crippen LogP contribution >= 0.6 is 0 Å². The zero-order valence-electron chi connectivity index (χ0n) is 20.6. The minimum absolute atomic E-state index is 1.43. The fourth-order valence-corrected chi connectivity index (χ4v) is 2.10. The molecule has 0 heterocycles. The van der Waals surface area contributed by atoms with Crippen LogP contribution in [0, 0.1) is 0 Å². The van der Waals surface area contributed by atoms with Gasteiger partial charge in [0.05, 0.1) is 0 Å². The Morgan fingerprint density at radius 3 is 0.612 bits per heavy atom. The van der Waals surface area contributed by atoms with Gasteiger partial charge in [-0.25, -0.2) is 0 Å². The van der Waals surface area contributed by atoms with Crippen LogP contribution in [0.15, 0.2) is 23.5 Å². The minimum atomic E-state index is -8.58. The molecule has 0 unspecified atom stereocenters. The van der Waals surface area contributed by atoms with E-state index < -0.39 is 96.0 Å². The molecule has 0 aliphatic heterocycles. The first-order valence-corrected chi connectivity index (χ1v) is 9.89. The Bertz CT molecular complexity index is 1120. The van der Waals surface area contributed by atoms with Crippen molar-refractivity contribution in [3.63, 3.8) is 0 Å². The molecule has 0 aliphatic rings. The van der Waals surface area contributed by atoms with Gasteiger partial charge in [0.1, 0.15) is 0 Å². The summed E-state index contributed by atoms with van der Waals surface area (Å²) in [5.74, 6) is -62.5. The number of halogens is 30. The van der Waals surface area contributed by atoms with Gasteiger partial charge in [-0.3, -0.25) is 0 Å². The third-order valence-corrected chi connectivity index (χ3v) is 4.55. The highest BCUT2D eigenvalue weighted by molar-refractivity contribution is 5.20. The molecule has 0 saturated heterocycles. The summed E-state index contributed by atoms with van der Waals surface area (Å²) in [6, 6.07) is -11.2. The van der Waals surface area contributed by atoms with E-state index in [0.717, 1.165) is 0 Å². The van der Waals surface area contributed by atoms with Crippen molar-refractivity contribution in [3.05, 3.63) is 23.5 Å². The molecule has 0 aromatic carbocycles. The van der Waals surface area contributed by atoms with Crippen LogP contribution in [0.4, 0.5) is 132 Å². The van der Waals surface area contributed by atoms with Gasteiger partial charge in [-0.1, -0.05) is 0 Å². The lowest BCUT2D eigenvalue weighted by atomic mass is 10.1. The van der Waals surface area contributed by atoms with Gasteiger partial charge < -0.3 is 14.2 Å². The molecule has 0 aromatic heterocycles. The van der Waals surface area contributed by atoms with E-state index in [1.54, 1.807) is 4.74 Å². The molecule has 292 valence electrons. The molecule has 0 rings (SSSR count). The van der Waals surface area contributed by atoms with Gasteiger partial charge in [0.25, 0.3) is 0 Å². The van der Waals surface area contributed by atoms with E-state index >= 15 is 0 Å². The Labute approximate surface area is 243 Å². The maximum atomic E-state index is 14.1. The van der Waals surface area contributed by atoms with Crippen molar-refractivity contribution in [1.29, 1.82) is 0 Å². The Morgan fingerprint density at radius 1 is 0.286 bits per heavy atom. The summed E-state index contributed by atoms with van der Waals surface area (Å²) in [5, 5.41) is 0. The number of rotatable bonds is 10. The molecule has 0 spiro atoms. The lowest BCUT2D eigenvalue weighted by Gasteiger charge is -2.35. The van der Waals surface area contributed by atoms with E-state index in [0.29, 0.717) is 0 Å². The Balaban J connectivity index is 8.47. The topological polar surface area (TPSA) is 27.7 Å². The Morgan fingerprint density at radius 2 is 0.469 bits per heavy atom. The Kier molecular flexibility index (Phi) is 11.4. The third-order valence-electron chi connectivity index (χ3n) is 4.55. The van der Waals surface area contributed by atoms with Crippen molar-refractivity contribution in [2.45, 2.75) is 72.5 Å². The summed E-state index contributed by atoms with van der Waals surface area (Å²) in [6.07, 6.45) is -49.2.